The predicted molar refractivity (Wildman–Crippen MR) is 72.9 cm³/mol. The van der Waals surface area contributed by atoms with Crippen molar-refractivity contribution in [3.05, 3.63) is 17.4 Å². The van der Waals surface area contributed by atoms with E-state index in [0.717, 1.165) is 30.2 Å². The van der Waals surface area contributed by atoms with Gasteiger partial charge in [0, 0.05) is 31.4 Å². The third kappa shape index (κ3) is 2.56. The Balaban J connectivity index is 1.54. The average molecular weight is 269 g/mol. The summed E-state index contributed by atoms with van der Waals surface area (Å²) in [5.41, 5.74) is 0. The van der Waals surface area contributed by atoms with Crippen molar-refractivity contribution in [2.24, 2.45) is 0 Å². The number of aromatic nitrogens is 2. The number of rotatable bonds is 3. The molecule has 0 spiro atoms. The van der Waals surface area contributed by atoms with E-state index in [-0.39, 0.29) is 0 Å². The van der Waals surface area contributed by atoms with Crippen LogP contribution in [0.2, 0.25) is 5.02 Å². The number of fused-ring (bicyclic) bond motifs is 2. The van der Waals surface area contributed by atoms with Gasteiger partial charge < -0.3 is 0 Å². The summed E-state index contributed by atoms with van der Waals surface area (Å²) < 4.78 is 1.94. The highest BCUT2D eigenvalue weighted by Gasteiger charge is 2.34. The molecule has 1 aromatic heterocycles. The molecule has 2 aliphatic rings. The average Bonchev–Trinajstić information content (AvgIpc) is 2.84. The van der Waals surface area contributed by atoms with Crippen LogP contribution in [0.3, 0.4) is 0 Å². The molecule has 4 nitrogen and oxygen atoms in total. The van der Waals surface area contributed by atoms with Gasteiger partial charge in [-0.3, -0.25) is 14.5 Å². The summed E-state index contributed by atoms with van der Waals surface area (Å²) in [6.07, 6.45) is 7.68. The van der Waals surface area contributed by atoms with Crippen LogP contribution in [0.5, 0.6) is 0 Å². The summed E-state index contributed by atoms with van der Waals surface area (Å²) in [5, 5.41) is 4.96. The smallest absolute Gasteiger partial charge is 0.0785 e. The largest absolute Gasteiger partial charge is 0.300 e. The van der Waals surface area contributed by atoms with E-state index in [0.29, 0.717) is 0 Å². The van der Waals surface area contributed by atoms with E-state index in [2.05, 4.69) is 21.9 Å². The van der Waals surface area contributed by atoms with E-state index in [1.165, 1.54) is 32.4 Å². The molecule has 0 aromatic carbocycles. The van der Waals surface area contributed by atoms with Gasteiger partial charge in [0.05, 0.1) is 17.8 Å². The molecule has 2 atom stereocenters. The van der Waals surface area contributed by atoms with Crippen molar-refractivity contribution in [1.82, 2.24) is 19.6 Å². The van der Waals surface area contributed by atoms with Gasteiger partial charge in [0.1, 0.15) is 0 Å². The van der Waals surface area contributed by atoms with Crippen molar-refractivity contribution in [3.63, 3.8) is 0 Å². The molecule has 100 valence electrons. The molecule has 5 heteroatoms. The number of hydrogen-bond acceptors (Lipinski definition) is 3. The molecule has 2 saturated heterocycles. The minimum absolute atomic E-state index is 0.727. The summed E-state index contributed by atoms with van der Waals surface area (Å²) in [5.74, 6) is 0. The first kappa shape index (κ1) is 12.5. The molecule has 2 bridgehead atoms. The van der Waals surface area contributed by atoms with Crippen LogP contribution in [-0.2, 0) is 6.54 Å². The first-order valence-corrected chi connectivity index (χ1v) is 7.22. The van der Waals surface area contributed by atoms with Crippen molar-refractivity contribution in [2.75, 3.05) is 26.7 Å². The highest BCUT2D eigenvalue weighted by Crippen LogP contribution is 2.28. The van der Waals surface area contributed by atoms with Gasteiger partial charge in [-0.1, -0.05) is 11.6 Å². The first-order chi connectivity index (χ1) is 8.72. The van der Waals surface area contributed by atoms with Gasteiger partial charge in [0.2, 0.25) is 0 Å². The standard InChI is InChI=1S/C13H21ClN4/c1-16-12-2-3-13(16)10-17(5-4-12)6-7-18-9-11(14)8-15-18/h8-9,12-13H,2-7,10H2,1H3/t12-,13+/m1/s1. The molecule has 2 fully saturated rings. The summed E-state index contributed by atoms with van der Waals surface area (Å²) in [6, 6.07) is 1.58. The molecule has 18 heavy (non-hydrogen) atoms. The van der Waals surface area contributed by atoms with Crippen LogP contribution < -0.4 is 0 Å². The number of likely N-dealkylation sites (tertiary alicyclic amines) is 1. The quantitative estimate of drug-likeness (QED) is 0.834. The fourth-order valence-corrected chi connectivity index (χ4v) is 3.44. The van der Waals surface area contributed by atoms with Crippen LogP contribution >= 0.6 is 11.6 Å². The van der Waals surface area contributed by atoms with Crippen LogP contribution in [0.4, 0.5) is 0 Å². The Kier molecular flexibility index (Phi) is 3.59. The summed E-state index contributed by atoms with van der Waals surface area (Å²) >= 11 is 5.87. The summed E-state index contributed by atoms with van der Waals surface area (Å²) in [4.78, 5) is 5.17. The molecule has 0 unspecified atom stereocenters. The van der Waals surface area contributed by atoms with Crippen molar-refractivity contribution in [2.45, 2.75) is 37.9 Å². The van der Waals surface area contributed by atoms with E-state index >= 15 is 0 Å². The monoisotopic (exact) mass is 268 g/mol. The zero-order valence-electron chi connectivity index (χ0n) is 10.9. The third-order valence-electron chi connectivity index (χ3n) is 4.48. The minimum Gasteiger partial charge on any atom is -0.300 e. The Hall–Kier alpha value is -0.580. The molecule has 2 aliphatic heterocycles. The number of likely N-dealkylation sites (N-methyl/N-ethyl adjacent to an activating group) is 1. The lowest BCUT2D eigenvalue weighted by molar-refractivity contribution is 0.213. The Bertz CT molecular complexity index is 405. The van der Waals surface area contributed by atoms with E-state index in [1.54, 1.807) is 6.20 Å². The van der Waals surface area contributed by atoms with Gasteiger partial charge in [0.25, 0.3) is 0 Å². The second-order valence-corrected chi connectivity index (χ2v) is 6.00. The van der Waals surface area contributed by atoms with E-state index < -0.39 is 0 Å². The molecular weight excluding hydrogens is 248 g/mol. The maximum atomic E-state index is 5.87. The highest BCUT2D eigenvalue weighted by molar-refractivity contribution is 6.30. The second-order valence-electron chi connectivity index (χ2n) is 5.56. The summed E-state index contributed by atoms with van der Waals surface area (Å²) in [6.45, 7) is 4.45. The van der Waals surface area contributed by atoms with Crippen molar-refractivity contribution >= 4 is 11.6 Å². The van der Waals surface area contributed by atoms with Crippen LogP contribution in [0.25, 0.3) is 0 Å². The molecule has 3 heterocycles. The van der Waals surface area contributed by atoms with E-state index in [4.69, 9.17) is 11.6 Å². The zero-order chi connectivity index (χ0) is 12.5. The van der Waals surface area contributed by atoms with Gasteiger partial charge >= 0.3 is 0 Å². The van der Waals surface area contributed by atoms with E-state index in [1.807, 2.05) is 10.9 Å². The lowest BCUT2D eigenvalue weighted by Gasteiger charge is -2.25. The SMILES string of the molecule is CN1[C@@H]2CC[C@H]1CN(CCn1cc(Cl)cn1)CC2. The highest BCUT2D eigenvalue weighted by atomic mass is 35.5. The van der Waals surface area contributed by atoms with Crippen LogP contribution in [0, 0.1) is 0 Å². The number of hydrogen-bond donors (Lipinski definition) is 0. The fourth-order valence-electron chi connectivity index (χ4n) is 3.29. The Labute approximate surface area is 113 Å². The van der Waals surface area contributed by atoms with Crippen LogP contribution in [0.15, 0.2) is 12.4 Å². The van der Waals surface area contributed by atoms with Gasteiger partial charge in [-0.05, 0) is 32.9 Å². The molecule has 0 radical (unpaired) electrons. The zero-order valence-corrected chi connectivity index (χ0v) is 11.7. The van der Waals surface area contributed by atoms with Crippen LogP contribution in [0.1, 0.15) is 19.3 Å². The Morgan fingerprint density at radius 2 is 2.11 bits per heavy atom. The van der Waals surface area contributed by atoms with E-state index in [9.17, 15) is 0 Å². The lowest BCUT2D eigenvalue weighted by atomic mass is 10.1. The first-order valence-electron chi connectivity index (χ1n) is 6.84. The Morgan fingerprint density at radius 3 is 2.89 bits per heavy atom. The summed E-state index contributed by atoms with van der Waals surface area (Å²) in [7, 11) is 2.29. The van der Waals surface area contributed by atoms with Crippen molar-refractivity contribution in [3.8, 4) is 0 Å². The lowest BCUT2D eigenvalue weighted by Crippen LogP contribution is -2.37. The van der Waals surface area contributed by atoms with Crippen molar-refractivity contribution < 1.29 is 0 Å². The minimum atomic E-state index is 0.727. The van der Waals surface area contributed by atoms with Crippen LogP contribution in [-0.4, -0.2) is 58.3 Å². The number of halogens is 1. The third-order valence-corrected chi connectivity index (χ3v) is 4.67. The van der Waals surface area contributed by atoms with Gasteiger partial charge in [-0.25, -0.2) is 0 Å². The number of nitrogens with zero attached hydrogens (tertiary/aromatic N) is 4. The predicted octanol–water partition coefficient (Wildman–Crippen LogP) is 1.70. The molecule has 0 aliphatic carbocycles. The Morgan fingerprint density at radius 1 is 1.28 bits per heavy atom. The second kappa shape index (κ2) is 5.19. The topological polar surface area (TPSA) is 24.3 Å². The van der Waals surface area contributed by atoms with Gasteiger partial charge in [-0.2, -0.15) is 5.10 Å². The van der Waals surface area contributed by atoms with Gasteiger partial charge in [-0.15, -0.1) is 0 Å². The molecule has 0 saturated carbocycles. The maximum Gasteiger partial charge on any atom is 0.0785 e. The molecule has 0 amide bonds. The molecule has 3 rings (SSSR count). The fraction of sp³-hybridized carbons (Fsp3) is 0.769. The maximum absolute atomic E-state index is 5.87. The van der Waals surface area contributed by atoms with Crippen molar-refractivity contribution in [1.29, 1.82) is 0 Å². The molecular formula is C13H21ClN4. The molecule has 1 aromatic rings. The van der Waals surface area contributed by atoms with Gasteiger partial charge in [0.15, 0.2) is 0 Å². The molecule has 0 N–H and O–H groups in total. The normalized spacial score (nSPS) is 29.7.